The second kappa shape index (κ2) is 8.95. The number of rotatable bonds is 8. The number of benzene rings is 2. The van der Waals surface area contributed by atoms with Crippen LogP contribution in [0, 0.1) is 12.8 Å². The van der Waals surface area contributed by atoms with Gasteiger partial charge in [-0.1, -0.05) is 49.7 Å². The predicted molar refractivity (Wildman–Crippen MR) is 100 cm³/mol. The van der Waals surface area contributed by atoms with Crippen molar-refractivity contribution >= 4 is 11.6 Å². The van der Waals surface area contributed by atoms with Crippen molar-refractivity contribution in [2.24, 2.45) is 5.92 Å². The Hall–Kier alpha value is -1.71. The van der Waals surface area contributed by atoms with Crippen molar-refractivity contribution in [3.63, 3.8) is 0 Å². The van der Waals surface area contributed by atoms with E-state index in [0.717, 1.165) is 17.7 Å². The third-order valence-electron chi connectivity index (χ3n) is 3.85. The molecule has 0 spiro atoms. The highest BCUT2D eigenvalue weighted by Gasteiger charge is 2.11. The molecule has 0 aliphatic rings. The molecule has 0 saturated carbocycles. The Kier molecular flexibility index (Phi) is 6.95. The Labute approximate surface area is 149 Å². The van der Waals surface area contributed by atoms with E-state index < -0.39 is 0 Å². The molecule has 0 radical (unpaired) electrons. The Balaban J connectivity index is 2.10. The summed E-state index contributed by atoms with van der Waals surface area (Å²) in [4.78, 5) is 0. The van der Waals surface area contributed by atoms with Crippen LogP contribution < -0.4 is 14.8 Å². The molecule has 2 aromatic rings. The van der Waals surface area contributed by atoms with Crippen LogP contribution in [0.25, 0.3) is 0 Å². The highest BCUT2D eigenvalue weighted by Crippen LogP contribution is 2.34. The first-order valence-corrected chi connectivity index (χ1v) is 8.63. The number of halogens is 1. The van der Waals surface area contributed by atoms with Gasteiger partial charge in [-0.3, -0.25) is 0 Å². The number of hydrogen-bond acceptors (Lipinski definition) is 3. The van der Waals surface area contributed by atoms with Crippen LogP contribution in [0.2, 0.25) is 5.02 Å². The molecule has 130 valence electrons. The maximum Gasteiger partial charge on any atom is 0.163 e. The van der Waals surface area contributed by atoms with Gasteiger partial charge >= 0.3 is 0 Å². The Morgan fingerprint density at radius 2 is 1.83 bits per heavy atom. The van der Waals surface area contributed by atoms with E-state index in [1.165, 1.54) is 5.56 Å². The van der Waals surface area contributed by atoms with Crippen molar-refractivity contribution in [3.05, 3.63) is 58.1 Å². The van der Waals surface area contributed by atoms with Gasteiger partial charge in [0, 0.05) is 17.6 Å². The van der Waals surface area contributed by atoms with Crippen LogP contribution in [-0.2, 0) is 13.2 Å². The molecule has 0 atom stereocenters. The van der Waals surface area contributed by atoms with Gasteiger partial charge in [-0.05, 0) is 42.1 Å². The smallest absolute Gasteiger partial charge is 0.163 e. The Morgan fingerprint density at radius 1 is 1.08 bits per heavy atom. The van der Waals surface area contributed by atoms with Gasteiger partial charge in [0.1, 0.15) is 6.61 Å². The molecule has 0 bridgehead atoms. The normalized spacial score (nSPS) is 10.9. The molecular weight excluding hydrogens is 322 g/mol. The van der Waals surface area contributed by atoms with E-state index in [4.69, 9.17) is 21.1 Å². The first kappa shape index (κ1) is 18.6. The zero-order valence-corrected chi connectivity index (χ0v) is 15.6. The fourth-order valence-corrected chi connectivity index (χ4v) is 2.63. The fourth-order valence-electron chi connectivity index (χ4n) is 2.41. The van der Waals surface area contributed by atoms with Gasteiger partial charge in [0.2, 0.25) is 0 Å². The first-order chi connectivity index (χ1) is 11.5. The SMILES string of the molecule is COc1cc(CNCC(C)C)c(Cl)cc1OCc1ccccc1C. The maximum atomic E-state index is 6.41. The summed E-state index contributed by atoms with van der Waals surface area (Å²) in [6.07, 6.45) is 0. The zero-order valence-electron chi connectivity index (χ0n) is 14.9. The summed E-state index contributed by atoms with van der Waals surface area (Å²) in [5.74, 6) is 1.97. The molecule has 1 N–H and O–H groups in total. The van der Waals surface area contributed by atoms with E-state index in [0.29, 0.717) is 35.6 Å². The van der Waals surface area contributed by atoms with E-state index in [1.807, 2.05) is 24.3 Å². The molecule has 0 fully saturated rings. The van der Waals surface area contributed by atoms with Crippen molar-refractivity contribution in [2.45, 2.75) is 33.9 Å². The largest absolute Gasteiger partial charge is 0.493 e. The minimum absolute atomic E-state index is 0.490. The molecule has 0 saturated heterocycles. The maximum absolute atomic E-state index is 6.41. The third kappa shape index (κ3) is 5.15. The lowest BCUT2D eigenvalue weighted by Gasteiger charge is -2.15. The van der Waals surface area contributed by atoms with Crippen molar-refractivity contribution in [1.29, 1.82) is 0 Å². The van der Waals surface area contributed by atoms with Gasteiger partial charge in [-0.15, -0.1) is 0 Å². The molecular formula is C20H26ClNO2. The van der Waals surface area contributed by atoms with Crippen molar-refractivity contribution < 1.29 is 9.47 Å². The highest BCUT2D eigenvalue weighted by molar-refractivity contribution is 6.31. The van der Waals surface area contributed by atoms with Crippen LogP contribution >= 0.6 is 11.6 Å². The quantitative estimate of drug-likeness (QED) is 0.730. The monoisotopic (exact) mass is 347 g/mol. The molecule has 24 heavy (non-hydrogen) atoms. The summed E-state index contributed by atoms with van der Waals surface area (Å²) in [5.41, 5.74) is 3.37. The van der Waals surface area contributed by atoms with Gasteiger partial charge in [0.25, 0.3) is 0 Å². The van der Waals surface area contributed by atoms with E-state index in [-0.39, 0.29) is 0 Å². The van der Waals surface area contributed by atoms with E-state index in [1.54, 1.807) is 7.11 Å². The fraction of sp³-hybridized carbons (Fsp3) is 0.400. The number of ether oxygens (including phenoxy) is 2. The van der Waals surface area contributed by atoms with Gasteiger partial charge < -0.3 is 14.8 Å². The number of aryl methyl sites for hydroxylation is 1. The van der Waals surface area contributed by atoms with E-state index in [9.17, 15) is 0 Å². The summed E-state index contributed by atoms with van der Waals surface area (Å²) in [6.45, 7) is 8.59. The summed E-state index contributed by atoms with van der Waals surface area (Å²) in [7, 11) is 1.65. The van der Waals surface area contributed by atoms with Gasteiger partial charge in [-0.2, -0.15) is 0 Å². The summed E-state index contributed by atoms with van der Waals surface area (Å²) in [5, 5.41) is 4.08. The molecule has 2 aromatic carbocycles. The topological polar surface area (TPSA) is 30.5 Å². The Morgan fingerprint density at radius 3 is 2.50 bits per heavy atom. The van der Waals surface area contributed by atoms with Crippen LogP contribution in [0.1, 0.15) is 30.5 Å². The van der Waals surface area contributed by atoms with Crippen LogP contribution in [-0.4, -0.2) is 13.7 Å². The summed E-state index contributed by atoms with van der Waals surface area (Å²) < 4.78 is 11.4. The second-order valence-electron chi connectivity index (χ2n) is 6.33. The number of methoxy groups -OCH3 is 1. The predicted octanol–water partition coefficient (Wildman–Crippen LogP) is 4.98. The highest BCUT2D eigenvalue weighted by atomic mass is 35.5. The summed E-state index contributed by atoms with van der Waals surface area (Å²) >= 11 is 6.41. The molecule has 3 nitrogen and oxygen atoms in total. The Bertz CT molecular complexity index is 671. The lowest BCUT2D eigenvalue weighted by Crippen LogP contribution is -2.19. The van der Waals surface area contributed by atoms with E-state index in [2.05, 4.69) is 38.2 Å². The van der Waals surface area contributed by atoms with Gasteiger partial charge in [-0.25, -0.2) is 0 Å². The molecule has 0 heterocycles. The molecule has 2 rings (SSSR count). The van der Waals surface area contributed by atoms with Crippen LogP contribution in [0.3, 0.4) is 0 Å². The summed E-state index contributed by atoms with van der Waals surface area (Å²) in [6, 6.07) is 12.0. The van der Waals surface area contributed by atoms with Gasteiger partial charge in [0.05, 0.1) is 7.11 Å². The molecule has 0 aromatic heterocycles. The molecule has 4 heteroatoms. The lowest BCUT2D eigenvalue weighted by molar-refractivity contribution is 0.283. The third-order valence-corrected chi connectivity index (χ3v) is 4.20. The van der Waals surface area contributed by atoms with Gasteiger partial charge in [0.15, 0.2) is 11.5 Å². The van der Waals surface area contributed by atoms with Crippen LogP contribution in [0.4, 0.5) is 0 Å². The van der Waals surface area contributed by atoms with Crippen LogP contribution in [0.15, 0.2) is 36.4 Å². The van der Waals surface area contributed by atoms with Crippen LogP contribution in [0.5, 0.6) is 11.5 Å². The lowest BCUT2D eigenvalue weighted by atomic mass is 10.1. The number of hydrogen-bond donors (Lipinski definition) is 1. The minimum atomic E-state index is 0.490. The molecule has 0 amide bonds. The zero-order chi connectivity index (χ0) is 17.5. The van der Waals surface area contributed by atoms with Crippen molar-refractivity contribution in [2.75, 3.05) is 13.7 Å². The average Bonchev–Trinajstić information content (AvgIpc) is 2.55. The molecule has 0 unspecified atom stereocenters. The van der Waals surface area contributed by atoms with Crippen molar-refractivity contribution in [3.8, 4) is 11.5 Å². The second-order valence-corrected chi connectivity index (χ2v) is 6.74. The molecule has 0 aliphatic heterocycles. The first-order valence-electron chi connectivity index (χ1n) is 8.25. The molecule has 0 aliphatic carbocycles. The average molecular weight is 348 g/mol. The minimum Gasteiger partial charge on any atom is -0.493 e. The standard InChI is InChI=1S/C20H26ClNO2/c1-14(2)11-22-12-17-9-19(23-4)20(10-18(17)21)24-13-16-8-6-5-7-15(16)3/h5-10,14,22H,11-13H2,1-4H3. The number of nitrogens with one attached hydrogen (secondary N) is 1. The van der Waals surface area contributed by atoms with E-state index >= 15 is 0 Å². The van der Waals surface area contributed by atoms with Crippen molar-refractivity contribution in [1.82, 2.24) is 5.32 Å².